The summed E-state index contributed by atoms with van der Waals surface area (Å²) in [6.45, 7) is 3.02. The number of likely N-dealkylation sites (N-methyl/N-ethyl adjacent to an activating group) is 1. The van der Waals surface area contributed by atoms with Crippen LogP contribution in [0.5, 0.6) is 0 Å². The van der Waals surface area contributed by atoms with Gasteiger partial charge in [-0.05, 0) is 18.5 Å². The van der Waals surface area contributed by atoms with E-state index in [1.807, 2.05) is 19.4 Å². The Morgan fingerprint density at radius 2 is 2.31 bits per heavy atom. The van der Waals surface area contributed by atoms with E-state index < -0.39 is 9.84 Å². The maximum absolute atomic E-state index is 11.1. The molecule has 0 saturated carbocycles. The molecule has 0 bridgehead atoms. The van der Waals surface area contributed by atoms with Crippen molar-refractivity contribution < 1.29 is 8.42 Å². The van der Waals surface area contributed by atoms with Gasteiger partial charge in [-0.2, -0.15) is 5.10 Å². The van der Waals surface area contributed by atoms with Crippen molar-refractivity contribution in [3.05, 3.63) is 18.0 Å². The third-order valence-corrected chi connectivity index (χ3v) is 4.75. The second kappa shape index (κ2) is 4.18. The molecule has 0 aliphatic carbocycles. The normalized spacial score (nSPS) is 21.6. The number of hydrogen-bond donors (Lipinski definition) is 1. The molecule has 1 aliphatic rings. The molecule has 90 valence electrons. The third-order valence-electron chi connectivity index (χ3n) is 2.97. The van der Waals surface area contributed by atoms with E-state index in [0.29, 0.717) is 5.92 Å². The number of aromatic nitrogens is 2. The molecule has 0 spiro atoms. The molecule has 1 saturated heterocycles. The van der Waals surface area contributed by atoms with Gasteiger partial charge in [-0.3, -0.25) is 4.68 Å². The van der Waals surface area contributed by atoms with E-state index in [4.69, 9.17) is 0 Å². The summed E-state index contributed by atoms with van der Waals surface area (Å²) < 4.78 is 23.9. The van der Waals surface area contributed by atoms with E-state index in [-0.39, 0.29) is 17.5 Å². The summed E-state index contributed by atoms with van der Waals surface area (Å²) in [7, 11) is -0.857. The topological polar surface area (TPSA) is 64.0 Å². The molecule has 1 unspecified atom stereocenters. The second-order valence-electron chi connectivity index (χ2n) is 4.44. The van der Waals surface area contributed by atoms with Crippen LogP contribution in [0.2, 0.25) is 0 Å². The minimum atomic E-state index is -2.77. The average Bonchev–Trinajstić information content (AvgIpc) is 2.62. The quantitative estimate of drug-likeness (QED) is 0.819. The smallest absolute Gasteiger partial charge is 0.154 e. The summed E-state index contributed by atoms with van der Waals surface area (Å²) in [5, 5.41) is 7.34. The van der Waals surface area contributed by atoms with Gasteiger partial charge in [0.05, 0.1) is 23.7 Å². The Labute approximate surface area is 95.8 Å². The molecular formula is C10H17N3O2S. The van der Waals surface area contributed by atoms with Gasteiger partial charge in [0.2, 0.25) is 0 Å². The minimum absolute atomic E-state index is 0.0422. The van der Waals surface area contributed by atoms with Crippen LogP contribution >= 0.6 is 0 Å². The van der Waals surface area contributed by atoms with Gasteiger partial charge in [-0.25, -0.2) is 8.42 Å². The van der Waals surface area contributed by atoms with Crippen molar-refractivity contribution in [1.29, 1.82) is 0 Å². The highest BCUT2D eigenvalue weighted by atomic mass is 32.2. The molecule has 1 N–H and O–H groups in total. The molecule has 5 nitrogen and oxygen atoms in total. The van der Waals surface area contributed by atoms with Crippen LogP contribution in [0, 0.1) is 0 Å². The molecule has 1 aromatic rings. The lowest BCUT2D eigenvalue weighted by molar-refractivity contribution is 0.473. The van der Waals surface area contributed by atoms with Crippen molar-refractivity contribution in [2.24, 2.45) is 0 Å². The zero-order valence-electron chi connectivity index (χ0n) is 9.55. The van der Waals surface area contributed by atoms with Gasteiger partial charge in [0.1, 0.15) is 0 Å². The summed E-state index contributed by atoms with van der Waals surface area (Å²) >= 11 is 0. The lowest BCUT2D eigenvalue weighted by atomic mass is 10.1. The number of nitrogens with one attached hydrogen (secondary N) is 1. The highest BCUT2D eigenvalue weighted by Gasteiger charge is 2.35. The van der Waals surface area contributed by atoms with Gasteiger partial charge in [-0.1, -0.05) is 6.92 Å². The van der Waals surface area contributed by atoms with Crippen LogP contribution in [-0.4, -0.2) is 43.3 Å². The van der Waals surface area contributed by atoms with Gasteiger partial charge in [0.25, 0.3) is 0 Å². The molecule has 6 heteroatoms. The fourth-order valence-electron chi connectivity index (χ4n) is 1.92. The number of nitrogens with zero attached hydrogens (tertiary/aromatic N) is 2. The van der Waals surface area contributed by atoms with E-state index in [0.717, 1.165) is 12.1 Å². The fourth-order valence-corrected chi connectivity index (χ4v) is 3.30. The summed E-state index contributed by atoms with van der Waals surface area (Å²) in [5.41, 5.74) is 1.15. The fraction of sp³-hybridized carbons (Fsp3) is 0.700. The van der Waals surface area contributed by atoms with Crippen molar-refractivity contribution in [2.75, 3.05) is 25.1 Å². The number of sulfone groups is 1. The Morgan fingerprint density at radius 1 is 1.62 bits per heavy atom. The zero-order chi connectivity index (χ0) is 11.8. The van der Waals surface area contributed by atoms with E-state index >= 15 is 0 Å². The van der Waals surface area contributed by atoms with Gasteiger partial charge in [-0.15, -0.1) is 0 Å². The summed E-state index contributed by atoms with van der Waals surface area (Å²) in [4.78, 5) is 0. The molecule has 0 aromatic carbocycles. The molecule has 1 aliphatic heterocycles. The summed E-state index contributed by atoms with van der Waals surface area (Å²) in [6.07, 6.45) is 3.79. The van der Waals surface area contributed by atoms with Crippen LogP contribution in [0.4, 0.5) is 0 Å². The molecule has 0 radical (unpaired) electrons. The lowest BCUT2D eigenvalue weighted by Gasteiger charge is -2.25. The van der Waals surface area contributed by atoms with Crippen LogP contribution in [0.3, 0.4) is 0 Å². The molecule has 1 atom stereocenters. The van der Waals surface area contributed by atoms with Gasteiger partial charge < -0.3 is 5.32 Å². The Kier molecular flexibility index (Phi) is 3.03. The van der Waals surface area contributed by atoms with E-state index in [1.54, 1.807) is 4.68 Å². The highest BCUT2D eigenvalue weighted by molar-refractivity contribution is 7.92. The average molecular weight is 243 g/mol. The largest absolute Gasteiger partial charge is 0.319 e. The Hall–Kier alpha value is -0.880. The maximum atomic E-state index is 11.1. The first-order chi connectivity index (χ1) is 7.52. The first-order valence-corrected chi connectivity index (χ1v) is 7.23. The van der Waals surface area contributed by atoms with Crippen LogP contribution < -0.4 is 5.32 Å². The Bertz CT molecular complexity index is 454. The van der Waals surface area contributed by atoms with Crippen LogP contribution in [0.25, 0.3) is 0 Å². The predicted molar refractivity (Wildman–Crippen MR) is 62.3 cm³/mol. The zero-order valence-corrected chi connectivity index (χ0v) is 10.4. The van der Waals surface area contributed by atoms with Gasteiger partial charge >= 0.3 is 0 Å². The Morgan fingerprint density at radius 3 is 2.88 bits per heavy atom. The minimum Gasteiger partial charge on any atom is -0.319 e. The standard InChI is InChI=1S/C10H17N3O2S/c1-8(3-11-2)9-4-12-13(5-9)10-6-16(14,15)7-10/h4-5,8,10-11H,3,6-7H2,1-2H3. The maximum Gasteiger partial charge on any atom is 0.154 e. The molecule has 1 aromatic heterocycles. The molecular weight excluding hydrogens is 226 g/mol. The van der Waals surface area contributed by atoms with Crippen molar-refractivity contribution in [3.8, 4) is 0 Å². The Balaban J connectivity index is 2.03. The van der Waals surface area contributed by atoms with Crippen molar-refractivity contribution in [3.63, 3.8) is 0 Å². The van der Waals surface area contributed by atoms with Crippen molar-refractivity contribution in [2.45, 2.75) is 18.9 Å². The predicted octanol–water partition coefficient (Wildman–Crippen LogP) is 0.175. The van der Waals surface area contributed by atoms with Crippen molar-refractivity contribution in [1.82, 2.24) is 15.1 Å². The van der Waals surface area contributed by atoms with E-state index in [1.165, 1.54) is 0 Å². The molecule has 2 rings (SSSR count). The molecule has 16 heavy (non-hydrogen) atoms. The monoisotopic (exact) mass is 243 g/mol. The lowest BCUT2D eigenvalue weighted by Crippen LogP contribution is -2.38. The van der Waals surface area contributed by atoms with E-state index in [9.17, 15) is 8.42 Å². The van der Waals surface area contributed by atoms with E-state index in [2.05, 4.69) is 17.3 Å². The van der Waals surface area contributed by atoms with Crippen LogP contribution in [-0.2, 0) is 9.84 Å². The summed E-state index contributed by atoms with van der Waals surface area (Å²) in [6, 6.07) is 0.0422. The first-order valence-electron chi connectivity index (χ1n) is 5.41. The van der Waals surface area contributed by atoms with Crippen LogP contribution in [0.1, 0.15) is 24.4 Å². The van der Waals surface area contributed by atoms with Crippen LogP contribution in [0.15, 0.2) is 12.4 Å². The molecule has 0 amide bonds. The SMILES string of the molecule is CNCC(C)c1cnn(C2CS(=O)(=O)C2)c1. The number of rotatable bonds is 4. The van der Waals surface area contributed by atoms with Gasteiger partial charge in [0, 0.05) is 12.7 Å². The molecule has 2 heterocycles. The molecule has 1 fully saturated rings. The van der Waals surface area contributed by atoms with Crippen molar-refractivity contribution >= 4 is 9.84 Å². The number of hydrogen-bond acceptors (Lipinski definition) is 4. The second-order valence-corrected chi connectivity index (χ2v) is 6.60. The summed E-state index contributed by atoms with van der Waals surface area (Å²) in [5.74, 6) is 0.860. The third kappa shape index (κ3) is 2.27. The first kappa shape index (κ1) is 11.6. The highest BCUT2D eigenvalue weighted by Crippen LogP contribution is 2.24. The van der Waals surface area contributed by atoms with Gasteiger partial charge in [0.15, 0.2) is 9.84 Å².